The third-order valence-electron chi connectivity index (χ3n) is 3.33. The van der Waals surface area contributed by atoms with E-state index in [-0.39, 0.29) is 27.7 Å². The van der Waals surface area contributed by atoms with Crippen molar-refractivity contribution in [2.45, 2.75) is 5.92 Å². The van der Waals surface area contributed by atoms with Crippen molar-refractivity contribution in [2.75, 3.05) is 0 Å². The molecular formula is C14H9ClN4O2S. The molecule has 0 saturated carbocycles. The van der Waals surface area contributed by atoms with E-state index in [0.29, 0.717) is 10.6 Å². The Morgan fingerprint density at radius 1 is 1.36 bits per heavy atom. The third-order valence-corrected chi connectivity index (χ3v) is 3.88. The van der Waals surface area contributed by atoms with Crippen LogP contribution in [0.5, 0.6) is 5.88 Å². The number of benzene rings is 1. The molecule has 0 saturated heterocycles. The molecule has 0 amide bonds. The Bertz CT molecular complexity index is 954. The van der Waals surface area contributed by atoms with Crippen molar-refractivity contribution in [2.24, 2.45) is 5.73 Å². The van der Waals surface area contributed by atoms with Crippen LogP contribution in [0.15, 0.2) is 40.5 Å². The molecule has 3 rings (SSSR count). The van der Waals surface area contributed by atoms with E-state index in [1.165, 1.54) is 0 Å². The molecule has 0 spiro atoms. The lowest BCUT2D eigenvalue weighted by Gasteiger charge is -2.25. The van der Waals surface area contributed by atoms with Gasteiger partial charge in [0.1, 0.15) is 11.6 Å². The number of ether oxygens (including phenoxy) is 1. The van der Waals surface area contributed by atoms with E-state index in [1.54, 1.807) is 24.3 Å². The van der Waals surface area contributed by atoms with Crippen LogP contribution in [0.3, 0.4) is 0 Å². The molecule has 6 nitrogen and oxygen atoms in total. The molecule has 2 aromatic rings. The number of nitrogens with two attached hydrogens (primary N) is 1. The predicted molar refractivity (Wildman–Crippen MR) is 83.0 cm³/mol. The largest absolute Gasteiger partial charge is 0.424 e. The molecule has 1 aliphatic heterocycles. The number of H-pyrrole nitrogens is 2. The molecule has 1 atom stereocenters. The molecule has 1 aromatic carbocycles. The molecule has 0 bridgehead atoms. The van der Waals surface area contributed by atoms with Crippen LogP contribution >= 0.6 is 23.8 Å². The van der Waals surface area contributed by atoms with Crippen molar-refractivity contribution in [3.8, 4) is 11.9 Å². The summed E-state index contributed by atoms with van der Waals surface area (Å²) in [6.07, 6.45) is 0. The van der Waals surface area contributed by atoms with Crippen LogP contribution in [0.25, 0.3) is 0 Å². The fourth-order valence-corrected chi connectivity index (χ4v) is 2.84. The Kier molecular flexibility index (Phi) is 3.48. The molecule has 22 heavy (non-hydrogen) atoms. The highest BCUT2D eigenvalue weighted by atomic mass is 35.5. The van der Waals surface area contributed by atoms with Gasteiger partial charge in [-0.2, -0.15) is 5.26 Å². The summed E-state index contributed by atoms with van der Waals surface area (Å²) in [6.45, 7) is 0. The first kappa shape index (κ1) is 14.4. The van der Waals surface area contributed by atoms with Crippen molar-refractivity contribution >= 4 is 23.8 Å². The molecule has 2 heterocycles. The van der Waals surface area contributed by atoms with Gasteiger partial charge in [0.2, 0.25) is 11.8 Å². The standard InChI is InChI=1S/C14H9ClN4O2S/c15-8-4-2-1-3-6(8)9-7(5-16)11(17)21-13-10(9)12(20)18-14(22)19-13/h1-4,9H,17H2,(H2,18,19,20,22). The monoisotopic (exact) mass is 332 g/mol. The van der Waals surface area contributed by atoms with E-state index in [2.05, 4.69) is 9.97 Å². The summed E-state index contributed by atoms with van der Waals surface area (Å²) in [7, 11) is 0. The number of nitrogens with one attached hydrogen (secondary N) is 2. The number of nitrogens with zero attached hydrogens (tertiary/aromatic N) is 1. The van der Waals surface area contributed by atoms with Crippen LogP contribution in [-0.4, -0.2) is 9.97 Å². The van der Waals surface area contributed by atoms with Gasteiger partial charge >= 0.3 is 0 Å². The summed E-state index contributed by atoms with van der Waals surface area (Å²) < 4.78 is 5.44. The Hall–Kier alpha value is -2.56. The number of nitriles is 1. The smallest absolute Gasteiger partial charge is 0.259 e. The van der Waals surface area contributed by atoms with E-state index in [0.717, 1.165) is 0 Å². The zero-order valence-electron chi connectivity index (χ0n) is 11.0. The van der Waals surface area contributed by atoms with Gasteiger partial charge in [-0.05, 0) is 23.8 Å². The zero-order valence-corrected chi connectivity index (χ0v) is 12.6. The van der Waals surface area contributed by atoms with Crippen LogP contribution in [0.2, 0.25) is 5.02 Å². The van der Waals surface area contributed by atoms with Crippen molar-refractivity contribution in [1.29, 1.82) is 5.26 Å². The lowest BCUT2D eigenvalue weighted by atomic mass is 9.85. The molecule has 110 valence electrons. The minimum Gasteiger partial charge on any atom is -0.424 e. The fraction of sp³-hybridized carbons (Fsp3) is 0.0714. The molecule has 1 unspecified atom stereocenters. The van der Waals surface area contributed by atoms with Crippen LogP contribution < -0.4 is 16.0 Å². The highest BCUT2D eigenvalue weighted by Crippen LogP contribution is 2.41. The topological polar surface area (TPSA) is 108 Å². The minimum atomic E-state index is -0.724. The third kappa shape index (κ3) is 2.19. The van der Waals surface area contributed by atoms with Crippen molar-refractivity contribution < 1.29 is 4.74 Å². The van der Waals surface area contributed by atoms with E-state index in [9.17, 15) is 10.1 Å². The van der Waals surface area contributed by atoms with Gasteiger partial charge in [0, 0.05) is 5.02 Å². The first-order chi connectivity index (χ1) is 10.5. The van der Waals surface area contributed by atoms with Gasteiger partial charge in [-0.25, -0.2) is 0 Å². The lowest BCUT2D eigenvalue weighted by molar-refractivity contribution is 0.374. The van der Waals surface area contributed by atoms with Crippen molar-refractivity contribution in [1.82, 2.24) is 9.97 Å². The van der Waals surface area contributed by atoms with Gasteiger partial charge in [-0.15, -0.1) is 0 Å². The number of allylic oxidation sites excluding steroid dienone is 1. The maximum atomic E-state index is 12.3. The average molecular weight is 333 g/mol. The fourth-order valence-electron chi connectivity index (χ4n) is 2.41. The van der Waals surface area contributed by atoms with Gasteiger partial charge in [-0.1, -0.05) is 29.8 Å². The Morgan fingerprint density at radius 2 is 2.09 bits per heavy atom. The first-order valence-electron chi connectivity index (χ1n) is 6.21. The number of hydrogen-bond donors (Lipinski definition) is 3. The Labute approximate surface area is 134 Å². The molecule has 1 aromatic heterocycles. The highest BCUT2D eigenvalue weighted by Gasteiger charge is 2.34. The van der Waals surface area contributed by atoms with E-state index >= 15 is 0 Å². The molecule has 0 fully saturated rings. The van der Waals surface area contributed by atoms with E-state index in [4.69, 9.17) is 34.3 Å². The van der Waals surface area contributed by atoms with Gasteiger partial charge in [0.25, 0.3) is 5.56 Å². The number of fused-ring (bicyclic) bond motifs is 1. The van der Waals surface area contributed by atoms with Gasteiger partial charge < -0.3 is 15.5 Å². The normalized spacial score (nSPS) is 16.6. The number of aromatic nitrogens is 2. The van der Waals surface area contributed by atoms with Crippen LogP contribution in [-0.2, 0) is 0 Å². The zero-order chi connectivity index (χ0) is 15.9. The van der Waals surface area contributed by atoms with Crippen LogP contribution in [0.4, 0.5) is 0 Å². The minimum absolute atomic E-state index is 0.0869. The summed E-state index contributed by atoms with van der Waals surface area (Å²) in [5, 5.41) is 9.82. The van der Waals surface area contributed by atoms with E-state index < -0.39 is 11.5 Å². The summed E-state index contributed by atoms with van der Waals surface area (Å²) in [4.78, 5) is 17.5. The molecule has 8 heteroatoms. The maximum Gasteiger partial charge on any atom is 0.259 e. The maximum absolute atomic E-state index is 12.3. The van der Waals surface area contributed by atoms with Gasteiger partial charge in [0.05, 0.1) is 11.5 Å². The van der Waals surface area contributed by atoms with Gasteiger partial charge in [-0.3, -0.25) is 9.78 Å². The average Bonchev–Trinajstić information content (AvgIpc) is 2.46. The quantitative estimate of drug-likeness (QED) is 0.694. The predicted octanol–water partition coefficient (Wildman–Crippen LogP) is 2.30. The molecule has 0 radical (unpaired) electrons. The number of rotatable bonds is 1. The highest BCUT2D eigenvalue weighted by molar-refractivity contribution is 7.71. The summed E-state index contributed by atoms with van der Waals surface area (Å²) in [5.74, 6) is -0.690. The van der Waals surface area contributed by atoms with Crippen molar-refractivity contribution in [3.05, 3.63) is 67.0 Å². The molecule has 1 aliphatic rings. The van der Waals surface area contributed by atoms with E-state index in [1.807, 2.05) is 6.07 Å². The second-order valence-corrected chi connectivity index (χ2v) is 5.41. The Morgan fingerprint density at radius 3 is 2.77 bits per heavy atom. The molecule has 4 N–H and O–H groups in total. The summed E-state index contributed by atoms with van der Waals surface area (Å²) in [6, 6.07) is 8.92. The first-order valence-corrected chi connectivity index (χ1v) is 7.00. The SMILES string of the molecule is N#CC1=C(N)Oc2[nH]c(=S)[nH]c(=O)c2C1c1ccccc1Cl. The summed E-state index contributed by atoms with van der Waals surface area (Å²) in [5.41, 5.74) is 6.28. The Balaban J connectivity index is 2.38. The number of halogens is 1. The van der Waals surface area contributed by atoms with Gasteiger partial charge in [0.15, 0.2) is 4.77 Å². The summed E-state index contributed by atoms with van der Waals surface area (Å²) >= 11 is 11.1. The van der Waals surface area contributed by atoms with Crippen LogP contribution in [0.1, 0.15) is 17.0 Å². The lowest BCUT2D eigenvalue weighted by Crippen LogP contribution is -2.28. The number of hydrogen-bond acceptors (Lipinski definition) is 5. The second kappa shape index (κ2) is 5.33. The van der Waals surface area contributed by atoms with Crippen LogP contribution in [0, 0.1) is 16.1 Å². The molecule has 0 aliphatic carbocycles. The van der Waals surface area contributed by atoms with Crippen molar-refractivity contribution in [3.63, 3.8) is 0 Å². The molecular weight excluding hydrogens is 324 g/mol. The number of aromatic amines is 2. The second-order valence-electron chi connectivity index (χ2n) is 4.60.